The maximum Gasteiger partial charge on any atom is 0.220 e. The topological polar surface area (TPSA) is 59.6 Å². The highest BCUT2D eigenvalue weighted by molar-refractivity contribution is 5.76. The number of carbonyl (C=O) groups is 1. The van der Waals surface area contributed by atoms with E-state index < -0.39 is 0 Å². The van der Waals surface area contributed by atoms with Crippen LogP contribution >= 0.6 is 0 Å². The van der Waals surface area contributed by atoms with E-state index in [1.807, 2.05) is 24.3 Å². The van der Waals surface area contributed by atoms with E-state index in [0.29, 0.717) is 31.4 Å². The third-order valence-electron chi connectivity index (χ3n) is 4.45. The van der Waals surface area contributed by atoms with Crippen molar-refractivity contribution in [3.63, 3.8) is 0 Å². The molecule has 0 aliphatic carbocycles. The first kappa shape index (κ1) is 17.6. The molecular formula is C18H28N2O3. The van der Waals surface area contributed by atoms with Gasteiger partial charge in [-0.05, 0) is 62.0 Å². The maximum absolute atomic E-state index is 12.0. The van der Waals surface area contributed by atoms with E-state index in [1.54, 1.807) is 7.11 Å². The van der Waals surface area contributed by atoms with Gasteiger partial charge in [-0.3, -0.25) is 4.79 Å². The molecule has 2 N–H and O–H groups in total. The van der Waals surface area contributed by atoms with Crippen molar-refractivity contribution in [2.24, 2.45) is 11.8 Å². The fourth-order valence-corrected chi connectivity index (χ4v) is 2.98. The van der Waals surface area contributed by atoms with Gasteiger partial charge >= 0.3 is 0 Å². The summed E-state index contributed by atoms with van der Waals surface area (Å²) in [7, 11) is 1.64. The first-order valence-electron chi connectivity index (χ1n) is 8.43. The highest BCUT2D eigenvalue weighted by atomic mass is 16.5. The van der Waals surface area contributed by atoms with E-state index >= 15 is 0 Å². The number of nitrogens with one attached hydrogen (secondary N) is 2. The van der Waals surface area contributed by atoms with Crippen molar-refractivity contribution in [3.05, 3.63) is 24.3 Å². The molecule has 1 unspecified atom stereocenters. The molecule has 1 aliphatic heterocycles. The van der Waals surface area contributed by atoms with Gasteiger partial charge in [0.1, 0.15) is 18.1 Å². The van der Waals surface area contributed by atoms with Crippen LogP contribution in [0, 0.1) is 11.8 Å². The highest BCUT2D eigenvalue weighted by Gasteiger charge is 2.21. The van der Waals surface area contributed by atoms with Crippen molar-refractivity contribution in [1.82, 2.24) is 10.6 Å². The molecular weight excluding hydrogens is 292 g/mol. The number of ether oxygens (including phenoxy) is 2. The molecule has 2 rings (SSSR count). The Balaban J connectivity index is 1.60. The number of hydrogen-bond donors (Lipinski definition) is 2. The number of carbonyl (C=O) groups excluding carboxylic acids is 1. The number of methoxy groups -OCH3 is 1. The van der Waals surface area contributed by atoms with Crippen molar-refractivity contribution < 1.29 is 14.3 Å². The third kappa shape index (κ3) is 6.10. The Bertz CT molecular complexity index is 470. The van der Waals surface area contributed by atoms with Crippen molar-refractivity contribution >= 4 is 5.91 Å². The molecule has 0 aromatic heterocycles. The molecule has 1 aliphatic rings. The molecule has 5 heteroatoms. The van der Waals surface area contributed by atoms with Crippen LogP contribution < -0.4 is 20.1 Å². The number of amides is 1. The average Bonchev–Trinajstić information content (AvgIpc) is 2.60. The summed E-state index contributed by atoms with van der Waals surface area (Å²) in [6.07, 6.45) is 2.96. The van der Waals surface area contributed by atoms with Gasteiger partial charge in [-0.15, -0.1) is 0 Å². The van der Waals surface area contributed by atoms with Crippen molar-refractivity contribution in [2.45, 2.75) is 26.2 Å². The lowest BCUT2D eigenvalue weighted by atomic mass is 9.84. The largest absolute Gasteiger partial charge is 0.497 e. The Kier molecular flexibility index (Phi) is 7.20. The van der Waals surface area contributed by atoms with Gasteiger partial charge in [0.15, 0.2) is 0 Å². The minimum atomic E-state index is 0.120. The first-order valence-corrected chi connectivity index (χ1v) is 8.43. The first-order chi connectivity index (χ1) is 11.2. The zero-order valence-electron chi connectivity index (χ0n) is 14.1. The number of benzene rings is 1. The Labute approximate surface area is 138 Å². The molecule has 1 heterocycles. The predicted molar refractivity (Wildman–Crippen MR) is 90.9 cm³/mol. The van der Waals surface area contributed by atoms with Gasteiger partial charge in [0.2, 0.25) is 5.91 Å². The van der Waals surface area contributed by atoms with Gasteiger partial charge in [0.25, 0.3) is 0 Å². The lowest BCUT2D eigenvalue weighted by Gasteiger charge is -2.27. The molecule has 0 bridgehead atoms. The minimum absolute atomic E-state index is 0.120. The van der Waals surface area contributed by atoms with Gasteiger partial charge in [0.05, 0.1) is 13.7 Å². The standard InChI is InChI=1S/C18H28N2O3/c1-14(15-7-9-19-10-8-15)13-18(21)20-11-12-23-17-5-3-16(22-2)4-6-17/h3-6,14-15,19H,7-13H2,1-2H3,(H,20,21). The van der Waals surface area contributed by atoms with E-state index in [1.165, 1.54) is 12.8 Å². The second-order valence-corrected chi connectivity index (χ2v) is 6.14. The van der Waals surface area contributed by atoms with Crippen molar-refractivity contribution in [3.8, 4) is 11.5 Å². The van der Waals surface area contributed by atoms with Crippen LogP contribution in [0.1, 0.15) is 26.2 Å². The summed E-state index contributed by atoms with van der Waals surface area (Å²) in [5.74, 6) is 2.81. The summed E-state index contributed by atoms with van der Waals surface area (Å²) < 4.78 is 10.7. The normalized spacial score (nSPS) is 16.6. The average molecular weight is 320 g/mol. The molecule has 0 spiro atoms. The number of hydrogen-bond acceptors (Lipinski definition) is 4. The van der Waals surface area contributed by atoms with Gasteiger partial charge in [-0.2, -0.15) is 0 Å². The van der Waals surface area contributed by atoms with Crippen LogP contribution in [0.2, 0.25) is 0 Å². The lowest BCUT2D eigenvalue weighted by molar-refractivity contribution is -0.122. The Hall–Kier alpha value is -1.75. The molecule has 1 fully saturated rings. The van der Waals surface area contributed by atoms with Crippen LogP contribution in [0.4, 0.5) is 0 Å². The second kappa shape index (κ2) is 9.40. The number of rotatable bonds is 8. The summed E-state index contributed by atoms with van der Waals surface area (Å²) in [5, 5.41) is 6.30. The molecule has 1 saturated heterocycles. The van der Waals surface area contributed by atoms with Crippen LogP contribution in [0.3, 0.4) is 0 Å². The summed E-state index contributed by atoms with van der Waals surface area (Å²) in [5.41, 5.74) is 0. The van der Waals surface area contributed by atoms with Crippen LogP contribution in [-0.4, -0.2) is 39.3 Å². The molecule has 1 aromatic carbocycles. The molecule has 1 amide bonds. The SMILES string of the molecule is COc1ccc(OCCNC(=O)CC(C)C2CCNCC2)cc1. The van der Waals surface area contributed by atoms with Crippen LogP contribution in [0.25, 0.3) is 0 Å². The fraction of sp³-hybridized carbons (Fsp3) is 0.611. The molecule has 0 saturated carbocycles. The lowest BCUT2D eigenvalue weighted by Crippen LogP contribution is -2.34. The Morgan fingerprint density at radius 2 is 1.91 bits per heavy atom. The Morgan fingerprint density at radius 3 is 2.57 bits per heavy atom. The summed E-state index contributed by atoms with van der Waals surface area (Å²) in [4.78, 5) is 12.0. The fourth-order valence-electron chi connectivity index (χ4n) is 2.98. The second-order valence-electron chi connectivity index (χ2n) is 6.14. The quantitative estimate of drug-likeness (QED) is 0.721. The van der Waals surface area contributed by atoms with Crippen LogP contribution in [-0.2, 0) is 4.79 Å². The summed E-state index contributed by atoms with van der Waals surface area (Å²) in [6.45, 7) is 5.34. The molecule has 0 radical (unpaired) electrons. The van der Waals surface area contributed by atoms with Crippen molar-refractivity contribution in [2.75, 3.05) is 33.4 Å². The zero-order chi connectivity index (χ0) is 16.5. The summed E-state index contributed by atoms with van der Waals surface area (Å²) in [6, 6.07) is 7.43. The van der Waals surface area contributed by atoms with Crippen LogP contribution in [0.5, 0.6) is 11.5 Å². The number of piperidine rings is 1. The van der Waals surface area contributed by atoms with E-state index in [4.69, 9.17) is 9.47 Å². The van der Waals surface area contributed by atoms with E-state index in [9.17, 15) is 4.79 Å². The zero-order valence-corrected chi connectivity index (χ0v) is 14.1. The van der Waals surface area contributed by atoms with Gasteiger partial charge < -0.3 is 20.1 Å². The molecule has 128 valence electrons. The molecule has 5 nitrogen and oxygen atoms in total. The van der Waals surface area contributed by atoms with Crippen molar-refractivity contribution in [1.29, 1.82) is 0 Å². The minimum Gasteiger partial charge on any atom is -0.497 e. The van der Waals surface area contributed by atoms with Crippen LogP contribution in [0.15, 0.2) is 24.3 Å². The van der Waals surface area contributed by atoms with Gasteiger partial charge in [0, 0.05) is 6.42 Å². The molecule has 23 heavy (non-hydrogen) atoms. The van der Waals surface area contributed by atoms with Gasteiger partial charge in [-0.25, -0.2) is 0 Å². The monoisotopic (exact) mass is 320 g/mol. The van der Waals surface area contributed by atoms with E-state index in [2.05, 4.69) is 17.6 Å². The van der Waals surface area contributed by atoms with E-state index in [-0.39, 0.29) is 5.91 Å². The molecule has 1 atom stereocenters. The predicted octanol–water partition coefficient (Wildman–Crippen LogP) is 2.22. The smallest absolute Gasteiger partial charge is 0.220 e. The summed E-state index contributed by atoms with van der Waals surface area (Å²) >= 11 is 0. The van der Waals surface area contributed by atoms with E-state index in [0.717, 1.165) is 24.6 Å². The Morgan fingerprint density at radius 1 is 1.26 bits per heavy atom. The maximum atomic E-state index is 12.0. The highest BCUT2D eigenvalue weighted by Crippen LogP contribution is 2.24. The third-order valence-corrected chi connectivity index (χ3v) is 4.45. The molecule has 1 aromatic rings. The van der Waals surface area contributed by atoms with Gasteiger partial charge in [-0.1, -0.05) is 6.92 Å².